The number of anilines is 1. The summed E-state index contributed by atoms with van der Waals surface area (Å²) in [7, 11) is 3.09. The monoisotopic (exact) mass is 1230 g/mol. The molecule has 0 aliphatic rings. The number of methoxy groups -OCH3 is 2. The fourth-order valence-electron chi connectivity index (χ4n) is 7.70. The Labute approximate surface area is 485 Å². The highest BCUT2D eigenvalue weighted by Crippen LogP contribution is 2.27. The molecule has 0 saturated carbocycles. The molecule has 1 atom stereocenters. The molecule has 27 heteroatoms. The molecule has 7 heterocycles. The molecule has 5 aromatic carbocycles. The lowest BCUT2D eigenvalue weighted by Gasteiger charge is -2.22. The van der Waals surface area contributed by atoms with Gasteiger partial charge >= 0.3 is 0 Å². The molecule has 0 amide bonds. The first kappa shape index (κ1) is 57.8. The summed E-state index contributed by atoms with van der Waals surface area (Å²) in [6, 6.07) is 25.6. The summed E-state index contributed by atoms with van der Waals surface area (Å²) in [5.41, 5.74) is 4.63. The predicted molar refractivity (Wildman–Crippen MR) is 314 cm³/mol. The molecule has 0 aliphatic heterocycles. The minimum absolute atomic E-state index is 0.0832. The van der Waals surface area contributed by atoms with Crippen LogP contribution >= 0.6 is 104 Å². The Bertz CT molecular complexity index is 4400. The number of benzene rings is 5. The van der Waals surface area contributed by atoms with Crippen molar-refractivity contribution in [3.8, 4) is 0 Å². The number of hydrogen-bond donors (Lipinski definition) is 4. The van der Waals surface area contributed by atoms with Gasteiger partial charge in [0.2, 0.25) is 28.1 Å². The van der Waals surface area contributed by atoms with E-state index in [-0.39, 0.29) is 33.3 Å². The highest BCUT2D eigenvalue weighted by atomic mass is 35.5. The van der Waals surface area contributed by atoms with Crippen LogP contribution in [0.2, 0.25) is 46.0 Å². The van der Waals surface area contributed by atoms with Gasteiger partial charge in [-0.05, 0) is 135 Å². The molecule has 78 heavy (non-hydrogen) atoms. The second-order valence-corrected chi connectivity index (χ2v) is 20.2. The zero-order chi connectivity index (χ0) is 56.1. The first-order chi connectivity index (χ1) is 37.2. The van der Waals surface area contributed by atoms with Crippen LogP contribution in [-0.2, 0) is 9.47 Å². The Morgan fingerprint density at radius 2 is 0.949 bits per heavy atom. The molecule has 12 aromatic rings. The second kappa shape index (κ2) is 25.2. The number of aromatic nitrogens is 12. The van der Waals surface area contributed by atoms with Crippen molar-refractivity contribution in [3.05, 3.63) is 192 Å². The quantitative estimate of drug-likeness (QED) is 0.0715. The summed E-state index contributed by atoms with van der Waals surface area (Å²) in [6.07, 6.45) is 3.36. The Morgan fingerprint density at radius 1 is 0.487 bits per heavy atom. The highest BCUT2D eigenvalue weighted by molar-refractivity contribution is 6.37. The number of nitrogens with one attached hydrogen (secondary N) is 4. The van der Waals surface area contributed by atoms with Crippen molar-refractivity contribution in [3.63, 3.8) is 0 Å². The van der Waals surface area contributed by atoms with Crippen LogP contribution in [0.4, 0.5) is 5.95 Å². The molecule has 7 aromatic heterocycles. The molecule has 0 saturated heterocycles. The van der Waals surface area contributed by atoms with Gasteiger partial charge in [-0.3, -0.25) is 38.1 Å². The average Bonchev–Trinajstić information content (AvgIpc) is 4.00. The van der Waals surface area contributed by atoms with Crippen LogP contribution in [0.25, 0.3) is 66.1 Å². The lowest BCUT2D eigenvalue weighted by Crippen LogP contribution is -2.34. The van der Waals surface area contributed by atoms with Gasteiger partial charge in [0.1, 0.15) is 10.3 Å². The van der Waals surface area contributed by atoms with E-state index in [9.17, 15) is 14.4 Å². The molecule has 12 rings (SSSR count). The van der Waals surface area contributed by atoms with Crippen LogP contribution in [0.5, 0.6) is 0 Å². The van der Waals surface area contributed by atoms with E-state index in [1.165, 1.54) is 0 Å². The minimum Gasteiger partial charge on any atom is -0.354 e. The van der Waals surface area contributed by atoms with Crippen molar-refractivity contribution < 1.29 is 9.47 Å². The van der Waals surface area contributed by atoms with Crippen LogP contribution in [0.1, 0.15) is 18.3 Å². The predicted octanol–water partition coefficient (Wildman–Crippen LogP) is 13.5. The number of nitrogens with zero attached hydrogens (tertiary/aromatic N) is 9. The van der Waals surface area contributed by atoms with Crippen molar-refractivity contribution >= 4 is 176 Å². The third-order valence-electron chi connectivity index (χ3n) is 11.1. The van der Waals surface area contributed by atoms with Crippen LogP contribution < -0.4 is 22.0 Å². The fourth-order valence-corrected chi connectivity index (χ4v) is 9.41. The van der Waals surface area contributed by atoms with Gasteiger partial charge in [-0.15, -0.1) is 0 Å². The topological polar surface area (TPSA) is 228 Å². The Hall–Kier alpha value is -6.39. The van der Waals surface area contributed by atoms with Gasteiger partial charge in [-0.25, -0.2) is 29.9 Å². The van der Waals surface area contributed by atoms with E-state index in [1.807, 2.05) is 60.2 Å². The van der Waals surface area contributed by atoms with Gasteiger partial charge in [-0.2, -0.15) is 4.98 Å². The normalized spacial score (nSPS) is 11.5. The summed E-state index contributed by atoms with van der Waals surface area (Å²) in [5.74, 6) is 1.52. The molecule has 0 radical (unpaired) electrons. The zero-order valence-electron chi connectivity index (χ0n) is 40.9. The maximum atomic E-state index is 12.0. The maximum absolute atomic E-state index is 12.0. The molecule has 0 bridgehead atoms. The first-order valence-electron chi connectivity index (χ1n) is 22.6. The molecular weight excluding hydrogens is 1190 g/mol. The minimum atomic E-state index is -0.443. The summed E-state index contributed by atoms with van der Waals surface area (Å²) >= 11 is 52.3. The fraction of sp³-hybridized carbons (Fsp3) is 0.137. The van der Waals surface area contributed by atoms with Crippen LogP contribution in [0.15, 0.2) is 118 Å². The Morgan fingerprint density at radius 3 is 1.55 bits per heavy atom. The number of rotatable bonds is 5. The zero-order valence-corrected chi connectivity index (χ0v) is 47.7. The molecular formula is C51H38Cl9N13O5. The van der Waals surface area contributed by atoms with Crippen molar-refractivity contribution in [2.75, 3.05) is 19.5 Å². The standard InChI is InChI=1S/C13H16ClN3O3.C11H7Cl2N3.C11H8ClN3O.C8H3Cl3N2.C8H4Cl2N2O/c1-7(12(19-2)20-3)15-13-16-10-5-4-8(14)6-9(10)11(18)17-13;1-6-5-16-9-3-2-7(12)4-8(9)10(13)15-11(16)14-6;1-6-5-15-9-3-2-7(12)4-8(9)10(16)14-11(15)13-6;9-4-1-2-6-5(3-4)7(10)13-8(11)12-6;9-4-1-2-6-5(3-4)7(13)12-8(10)11-6/h4-7,12H,1-3H3,(H2,15,16,17,18);2-5H,1H3;2-5H,1H3,(H,13,14,16);1-3H;1-3H,(H,11,12,13). The summed E-state index contributed by atoms with van der Waals surface area (Å²) < 4.78 is 14.0. The largest absolute Gasteiger partial charge is 0.354 e. The van der Waals surface area contributed by atoms with Gasteiger partial charge in [0, 0.05) is 62.5 Å². The number of hydrogen-bond acceptors (Lipinski definition) is 13. The van der Waals surface area contributed by atoms with E-state index in [2.05, 4.69) is 55.2 Å². The molecule has 400 valence electrons. The number of aromatic amines is 3. The second-order valence-electron chi connectivity index (χ2n) is 16.6. The number of fused-ring (bicyclic) bond motifs is 9. The van der Waals surface area contributed by atoms with E-state index in [0.29, 0.717) is 91.0 Å². The molecule has 4 N–H and O–H groups in total. The van der Waals surface area contributed by atoms with E-state index in [4.69, 9.17) is 114 Å². The van der Waals surface area contributed by atoms with Crippen molar-refractivity contribution in [2.45, 2.75) is 33.1 Å². The Balaban J connectivity index is 0.000000130. The van der Waals surface area contributed by atoms with Crippen molar-refractivity contribution in [1.29, 1.82) is 0 Å². The number of ether oxygens (including phenoxy) is 2. The summed E-state index contributed by atoms with van der Waals surface area (Å²) in [4.78, 5) is 71.6. The van der Waals surface area contributed by atoms with Crippen LogP contribution in [-0.4, -0.2) is 85.2 Å². The maximum Gasteiger partial charge on any atom is 0.260 e. The SMILES string of the molecule is COC(OC)C(C)Nc1nc2ccc(Cl)cc2c(=O)[nH]1.Cc1cn2c(n1)[nH]c(=O)c1cc(Cl)ccc12.Cc1cn2c(n1)nc(Cl)c1cc(Cl)ccc12.Clc1ccc2nc(Cl)nc(Cl)c2c1.O=c1[nH]c(Cl)nc2ccc(Cl)cc12. The van der Waals surface area contributed by atoms with Gasteiger partial charge in [0.05, 0.1) is 61.2 Å². The molecule has 0 fully saturated rings. The number of halogens is 9. The summed E-state index contributed by atoms with van der Waals surface area (Å²) in [5, 5.41) is 9.80. The van der Waals surface area contributed by atoms with Crippen LogP contribution in [0.3, 0.4) is 0 Å². The molecule has 1 unspecified atom stereocenters. The third kappa shape index (κ3) is 13.7. The molecule has 0 aliphatic carbocycles. The van der Waals surface area contributed by atoms with Crippen molar-refractivity contribution in [1.82, 2.24) is 58.6 Å². The Kier molecular flexibility index (Phi) is 18.6. The third-order valence-corrected chi connectivity index (χ3v) is 13.2. The van der Waals surface area contributed by atoms with E-state index < -0.39 is 6.29 Å². The smallest absolute Gasteiger partial charge is 0.260 e. The number of aryl methyl sites for hydroxylation is 2. The van der Waals surface area contributed by atoms with Gasteiger partial charge in [0.25, 0.3) is 16.7 Å². The lowest BCUT2D eigenvalue weighted by atomic mass is 10.2. The van der Waals surface area contributed by atoms with E-state index >= 15 is 0 Å². The average molecular weight is 1230 g/mol. The van der Waals surface area contributed by atoms with E-state index in [0.717, 1.165) is 27.8 Å². The number of H-pyrrole nitrogens is 3. The lowest BCUT2D eigenvalue weighted by molar-refractivity contribution is -0.109. The molecule has 0 spiro atoms. The number of imidazole rings is 2. The molecule has 18 nitrogen and oxygen atoms in total. The highest BCUT2D eigenvalue weighted by Gasteiger charge is 2.17. The van der Waals surface area contributed by atoms with Gasteiger partial charge in [-0.1, -0.05) is 81.2 Å². The van der Waals surface area contributed by atoms with Gasteiger partial charge in [0.15, 0.2) is 6.29 Å². The van der Waals surface area contributed by atoms with Gasteiger partial charge < -0.3 is 14.8 Å². The van der Waals surface area contributed by atoms with Crippen molar-refractivity contribution in [2.24, 2.45) is 0 Å². The summed E-state index contributed by atoms with van der Waals surface area (Å²) in [6.45, 7) is 5.67. The first-order valence-corrected chi connectivity index (χ1v) is 26.0. The van der Waals surface area contributed by atoms with E-state index in [1.54, 1.807) is 87.0 Å². The van der Waals surface area contributed by atoms with Crippen LogP contribution in [0, 0.1) is 13.8 Å².